The number of allylic oxidation sites excluding steroid dienone is 1. The Balaban J connectivity index is 1.69. The molecule has 10 atom stereocenters. The van der Waals surface area contributed by atoms with Crippen LogP contribution in [0.15, 0.2) is 84.1 Å². The number of hydrogen-bond donors (Lipinski definition) is 3. The summed E-state index contributed by atoms with van der Waals surface area (Å²) < 4.78 is 31.8. The molecule has 50 heavy (non-hydrogen) atoms. The zero-order chi connectivity index (χ0) is 36.4. The van der Waals surface area contributed by atoms with Crippen molar-refractivity contribution in [2.45, 2.75) is 102 Å². The average Bonchev–Trinajstić information content (AvgIpc) is 3.30. The quantitative estimate of drug-likeness (QED) is 0.157. The normalized spacial score (nSPS) is 36.1. The second kappa shape index (κ2) is 12.6. The van der Waals surface area contributed by atoms with Crippen LogP contribution in [0.1, 0.15) is 75.1 Å². The highest BCUT2D eigenvalue weighted by Crippen LogP contribution is 2.68. The van der Waals surface area contributed by atoms with Crippen LogP contribution < -0.4 is 0 Å². The van der Waals surface area contributed by atoms with E-state index >= 15 is 0 Å². The summed E-state index contributed by atoms with van der Waals surface area (Å²) >= 11 is 0. The van der Waals surface area contributed by atoms with Crippen molar-refractivity contribution in [1.29, 1.82) is 0 Å². The van der Waals surface area contributed by atoms with Crippen LogP contribution in [-0.2, 0) is 28.5 Å². The van der Waals surface area contributed by atoms with Gasteiger partial charge in [0.2, 0.25) is 0 Å². The van der Waals surface area contributed by atoms with Gasteiger partial charge < -0.3 is 39.0 Å². The maximum Gasteiger partial charge on any atom is 0.338 e. The van der Waals surface area contributed by atoms with Crippen LogP contribution in [0, 0.1) is 16.7 Å². The van der Waals surface area contributed by atoms with Gasteiger partial charge in [0.05, 0.1) is 51.9 Å². The Labute approximate surface area is 291 Å². The van der Waals surface area contributed by atoms with E-state index in [1.807, 2.05) is 0 Å². The molecule has 0 aromatic heterocycles. The van der Waals surface area contributed by atoms with Gasteiger partial charge in [-0.25, -0.2) is 9.59 Å². The topological polar surface area (TPSA) is 158 Å². The zero-order valence-corrected chi connectivity index (χ0v) is 29.3. The summed E-state index contributed by atoms with van der Waals surface area (Å²) in [5.41, 5.74) is -5.55. The average molecular weight is 691 g/mol. The summed E-state index contributed by atoms with van der Waals surface area (Å²) in [4.78, 5) is 41.2. The van der Waals surface area contributed by atoms with E-state index in [9.17, 15) is 29.7 Å². The minimum atomic E-state index is -1.79. The predicted octanol–water partition coefficient (Wildman–Crippen LogP) is 4.30. The lowest BCUT2D eigenvalue weighted by molar-refractivity contribution is -0.351. The molecule has 268 valence electrons. The molecule has 3 N–H and O–H groups in total. The minimum absolute atomic E-state index is 0.116. The minimum Gasteiger partial charge on any atom is -0.495 e. The van der Waals surface area contributed by atoms with Crippen molar-refractivity contribution in [3.8, 4) is 0 Å². The van der Waals surface area contributed by atoms with Crippen LogP contribution in [0.25, 0.3) is 0 Å². The molecular formula is C39H46O11. The molecule has 2 aromatic carbocycles. The van der Waals surface area contributed by atoms with Gasteiger partial charge in [-0.05, 0) is 69.5 Å². The summed E-state index contributed by atoms with van der Waals surface area (Å²) in [6.07, 6.45) is -7.38. The number of aliphatic hydroxyl groups excluding tert-OH is 2. The molecule has 3 aliphatic carbocycles. The molecule has 1 aliphatic heterocycles. The Morgan fingerprint density at radius 2 is 1.44 bits per heavy atom. The van der Waals surface area contributed by atoms with Crippen molar-refractivity contribution < 1.29 is 53.4 Å². The van der Waals surface area contributed by atoms with Gasteiger partial charge in [0.15, 0.2) is 5.60 Å². The fraction of sp³-hybridized carbons (Fsp3) is 0.513. The van der Waals surface area contributed by atoms with Crippen LogP contribution in [-0.4, -0.2) is 87.7 Å². The van der Waals surface area contributed by atoms with Gasteiger partial charge in [-0.2, -0.15) is 0 Å². The molecule has 11 heteroatoms. The zero-order valence-electron chi connectivity index (χ0n) is 29.3. The number of carbonyl (C=O) groups is 3. The fourth-order valence-electron chi connectivity index (χ4n) is 9.33. The highest BCUT2D eigenvalue weighted by molar-refractivity contribution is 5.90. The molecule has 2 aromatic rings. The molecule has 11 nitrogen and oxygen atoms in total. The largest absolute Gasteiger partial charge is 0.495 e. The first-order valence-electron chi connectivity index (χ1n) is 16.9. The van der Waals surface area contributed by atoms with E-state index in [0.717, 1.165) is 0 Å². The van der Waals surface area contributed by atoms with E-state index in [1.165, 1.54) is 20.8 Å². The van der Waals surface area contributed by atoms with Crippen LogP contribution in [0.4, 0.5) is 0 Å². The number of hydrogen-bond acceptors (Lipinski definition) is 11. The van der Waals surface area contributed by atoms with Gasteiger partial charge in [-0.3, -0.25) is 4.79 Å². The smallest absolute Gasteiger partial charge is 0.338 e. The number of fused-ring (bicyclic) bond motifs is 4. The van der Waals surface area contributed by atoms with Crippen molar-refractivity contribution in [2.24, 2.45) is 16.7 Å². The van der Waals surface area contributed by atoms with Crippen molar-refractivity contribution in [2.75, 3.05) is 6.61 Å². The Bertz CT molecular complexity index is 1700. The molecule has 2 saturated carbocycles. The lowest BCUT2D eigenvalue weighted by atomic mass is 9.49. The molecule has 1 saturated heterocycles. The molecule has 0 amide bonds. The molecule has 3 fully saturated rings. The lowest BCUT2D eigenvalue weighted by Crippen LogP contribution is -2.79. The number of esters is 3. The molecule has 0 radical (unpaired) electrons. The number of ether oxygens (including phenoxy) is 5. The van der Waals surface area contributed by atoms with Crippen molar-refractivity contribution >= 4 is 17.9 Å². The highest BCUT2D eigenvalue weighted by Gasteiger charge is 2.80. The van der Waals surface area contributed by atoms with Gasteiger partial charge in [-0.15, -0.1) is 0 Å². The van der Waals surface area contributed by atoms with E-state index in [4.69, 9.17) is 23.7 Å². The third kappa shape index (κ3) is 5.37. The lowest BCUT2D eigenvalue weighted by Gasteiger charge is -2.65. The molecule has 0 spiro atoms. The Kier molecular flexibility index (Phi) is 9.04. The molecule has 1 heterocycles. The highest BCUT2D eigenvalue weighted by atomic mass is 16.6. The van der Waals surface area contributed by atoms with Gasteiger partial charge in [0.25, 0.3) is 0 Å². The number of carbonyl (C=O) groups excluding carboxylic acids is 3. The maximum absolute atomic E-state index is 14.2. The Morgan fingerprint density at radius 1 is 0.900 bits per heavy atom. The summed E-state index contributed by atoms with van der Waals surface area (Å²) in [6.45, 7) is 13.2. The van der Waals surface area contributed by atoms with Gasteiger partial charge in [0, 0.05) is 13.3 Å². The maximum atomic E-state index is 14.2. The van der Waals surface area contributed by atoms with Gasteiger partial charge >= 0.3 is 17.9 Å². The molecule has 0 bridgehead atoms. The van der Waals surface area contributed by atoms with Gasteiger partial charge in [-0.1, -0.05) is 49.9 Å². The van der Waals surface area contributed by atoms with Crippen molar-refractivity contribution in [3.05, 3.63) is 95.3 Å². The number of benzene rings is 2. The van der Waals surface area contributed by atoms with Crippen LogP contribution in [0.3, 0.4) is 0 Å². The summed E-state index contributed by atoms with van der Waals surface area (Å²) in [5.74, 6) is -2.95. The SMILES string of the molecule is C=C(C)O[C@H]1C[C@@H]2OC[C@@]2(OC(C)=O)[C@@H]2[C@H](OC(=O)c3ccccc3)[C@]3(C(C)(C)O)C[C@H](O)C(C)=C3[C@@H](O)[C@H](OC(=O)c3ccccc3)[C@@]12C. The number of rotatable bonds is 8. The molecule has 0 unspecified atom stereocenters. The third-order valence-corrected chi connectivity index (χ3v) is 11.5. The Morgan fingerprint density at radius 3 is 1.90 bits per heavy atom. The van der Waals surface area contributed by atoms with Crippen LogP contribution >= 0.6 is 0 Å². The van der Waals surface area contributed by atoms with E-state index in [2.05, 4.69) is 6.58 Å². The first-order chi connectivity index (χ1) is 23.5. The van der Waals surface area contributed by atoms with E-state index < -0.39 is 82.5 Å². The van der Waals surface area contributed by atoms with Crippen molar-refractivity contribution in [1.82, 2.24) is 0 Å². The van der Waals surface area contributed by atoms with Crippen molar-refractivity contribution in [3.63, 3.8) is 0 Å². The van der Waals surface area contributed by atoms with E-state index in [0.29, 0.717) is 11.3 Å². The predicted molar refractivity (Wildman–Crippen MR) is 179 cm³/mol. The Hall–Kier alpha value is -4.03. The molecular weight excluding hydrogens is 644 g/mol. The standard InChI is InChI=1S/C39H46O11/c1-21(2)47-27-18-28-39(20-46-28,50-23(4)40)31-33(49-35(44)25-16-12-9-13-17-25)38(36(5,6)45)19-26(41)22(3)29(38)30(42)32(37(27,31)7)48-34(43)24-14-10-8-11-15-24/h8-17,26-28,30-33,41-42,45H,1,18-20H2,2-7H3/t26-,27-,28-,30+,31+,32-,33-,37-,38-,39-/m0/s1. The van der Waals surface area contributed by atoms with Crippen LogP contribution in [0.5, 0.6) is 0 Å². The summed E-state index contributed by atoms with van der Waals surface area (Å²) in [5, 5.41) is 36.7. The first-order valence-corrected chi connectivity index (χ1v) is 16.9. The number of aliphatic hydroxyl groups is 3. The van der Waals surface area contributed by atoms with E-state index in [-0.39, 0.29) is 36.1 Å². The summed E-state index contributed by atoms with van der Waals surface area (Å²) in [7, 11) is 0. The summed E-state index contributed by atoms with van der Waals surface area (Å²) in [6, 6.07) is 16.6. The van der Waals surface area contributed by atoms with E-state index in [1.54, 1.807) is 81.4 Å². The molecule has 4 aliphatic rings. The second-order valence-electron chi connectivity index (χ2n) is 14.9. The fourth-order valence-corrected chi connectivity index (χ4v) is 9.33. The first kappa shape index (κ1) is 35.8. The third-order valence-electron chi connectivity index (χ3n) is 11.5. The second-order valence-corrected chi connectivity index (χ2v) is 14.9. The monoisotopic (exact) mass is 690 g/mol. The van der Waals surface area contributed by atoms with Gasteiger partial charge in [0.1, 0.15) is 30.5 Å². The van der Waals surface area contributed by atoms with Crippen LogP contribution in [0.2, 0.25) is 0 Å². The molecule has 6 rings (SSSR count).